The molecule has 8 nitrogen and oxygen atoms in total. The summed E-state index contributed by atoms with van der Waals surface area (Å²) in [6, 6.07) is 11.9. The van der Waals surface area contributed by atoms with Crippen molar-refractivity contribution in [3.05, 3.63) is 57.6 Å². The monoisotopic (exact) mass is 405 g/mol. The van der Waals surface area contributed by atoms with E-state index in [4.69, 9.17) is 16.3 Å². The standard InChI is InChI=1S/C19H21ClN4O4/c1-28-16-4-2-3-14(11-16)23-9-7-22(8-10-23)13-19(25)21-18-6-5-15(24(26)27)12-17(18)20/h2-6,11-12H,7-10,13H2,1H3,(H,21,25)/p+1. The number of halogens is 1. The number of nitrogens with zero attached hydrogens (tertiary/aromatic N) is 2. The van der Waals surface area contributed by atoms with Crippen molar-refractivity contribution < 1.29 is 19.4 Å². The Bertz CT molecular complexity index is 869. The molecule has 1 fully saturated rings. The fourth-order valence-electron chi connectivity index (χ4n) is 3.21. The summed E-state index contributed by atoms with van der Waals surface area (Å²) in [6.07, 6.45) is 0. The van der Waals surface area contributed by atoms with E-state index in [1.807, 2.05) is 18.2 Å². The topological polar surface area (TPSA) is 89.2 Å². The highest BCUT2D eigenvalue weighted by molar-refractivity contribution is 6.33. The molecule has 148 valence electrons. The second kappa shape index (κ2) is 8.90. The zero-order valence-electron chi connectivity index (χ0n) is 15.5. The molecule has 28 heavy (non-hydrogen) atoms. The SMILES string of the molecule is COc1cccc(N2CC[NH+](CC(=O)Nc3ccc([N+](=O)[O-])cc3Cl)CC2)c1. The van der Waals surface area contributed by atoms with Gasteiger partial charge >= 0.3 is 0 Å². The summed E-state index contributed by atoms with van der Waals surface area (Å²) < 4.78 is 5.27. The molecular formula is C19H22ClN4O4+. The number of piperazine rings is 1. The Morgan fingerprint density at radius 1 is 1.29 bits per heavy atom. The van der Waals surface area contributed by atoms with Gasteiger partial charge in [-0.15, -0.1) is 0 Å². The average Bonchev–Trinajstić information content (AvgIpc) is 2.70. The Balaban J connectivity index is 1.52. The van der Waals surface area contributed by atoms with Gasteiger partial charge in [0.05, 0.1) is 48.9 Å². The van der Waals surface area contributed by atoms with Crippen LogP contribution in [0.1, 0.15) is 0 Å². The summed E-state index contributed by atoms with van der Waals surface area (Å²) >= 11 is 6.03. The second-order valence-corrected chi connectivity index (χ2v) is 6.99. The zero-order chi connectivity index (χ0) is 20.1. The molecule has 0 spiro atoms. The fourth-order valence-corrected chi connectivity index (χ4v) is 3.43. The minimum atomic E-state index is -0.524. The molecule has 1 saturated heterocycles. The van der Waals surface area contributed by atoms with E-state index >= 15 is 0 Å². The molecule has 0 bridgehead atoms. The lowest BCUT2D eigenvalue weighted by Crippen LogP contribution is -3.15. The number of nitrogens with one attached hydrogen (secondary N) is 2. The molecule has 0 atom stereocenters. The number of anilines is 2. The van der Waals surface area contributed by atoms with Gasteiger partial charge in [0.25, 0.3) is 11.6 Å². The van der Waals surface area contributed by atoms with Crippen LogP contribution in [-0.2, 0) is 4.79 Å². The van der Waals surface area contributed by atoms with Crippen LogP contribution in [0.5, 0.6) is 5.75 Å². The van der Waals surface area contributed by atoms with E-state index in [2.05, 4.69) is 16.3 Å². The van der Waals surface area contributed by atoms with Crippen LogP contribution in [0.3, 0.4) is 0 Å². The Morgan fingerprint density at radius 3 is 2.68 bits per heavy atom. The van der Waals surface area contributed by atoms with Crippen molar-refractivity contribution in [2.45, 2.75) is 0 Å². The molecule has 0 saturated carbocycles. The van der Waals surface area contributed by atoms with Gasteiger partial charge in [-0.2, -0.15) is 0 Å². The van der Waals surface area contributed by atoms with Crippen LogP contribution in [0, 0.1) is 10.1 Å². The molecule has 2 aromatic rings. The lowest BCUT2D eigenvalue weighted by molar-refractivity contribution is -0.892. The molecule has 1 heterocycles. The first-order chi connectivity index (χ1) is 13.5. The summed E-state index contributed by atoms with van der Waals surface area (Å²) in [4.78, 5) is 26.0. The first kappa shape index (κ1) is 19.9. The maximum atomic E-state index is 12.3. The Kier molecular flexibility index (Phi) is 6.33. The normalized spacial score (nSPS) is 14.6. The maximum absolute atomic E-state index is 12.3. The number of carbonyl (C=O) groups excluding carboxylic acids is 1. The third kappa shape index (κ3) is 4.90. The summed E-state index contributed by atoms with van der Waals surface area (Å²) in [5, 5.41) is 13.6. The van der Waals surface area contributed by atoms with Crippen molar-refractivity contribution in [2.24, 2.45) is 0 Å². The second-order valence-electron chi connectivity index (χ2n) is 6.58. The minimum Gasteiger partial charge on any atom is -0.497 e. The fraction of sp³-hybridized carbons (Fsp3) is 0.316. The van der Waals surface area contributed by atoms with E-state index in [1.165, 1.54) is 23.1 Å². The third-order valence-electron chi connectivity index (χ3n) is 4.74. The smallest absolute Gasteiger partial charge is 0.279 e. The van der Waals surface area contributed by atoms with Gasteiger partial charge in [-0.1, -0.05) is 17.7 Å². The highest BCUT2D eigenvalue weighted by atomic mass is 35.5. The van der Waals surface area contributed by atoms with Gasteiger partial charge in [-0.05, 0) is 18.2 Å². The molecular weight excluding hydrogens is 384 g/mol. The number of ether oxygens (including phenoxy) is 1. The highest BCUT2D eigenvalue weighted by Gasteiger charge is 2.23. The molecule has 2 N–H and O–H groups in total. The van der Waals surface area contributed by atoms with Crippen LogP contribution in [0.2, 0.25) is 5.02 Å². The predicted octanol–water partition coefficient (Wildman–Crippen LogP) is 1.60. The van der Waals surface area contributed by atoms with Crippen molar-refractivity contribution in [3.8, 4) is 5.75 Å². The molecule has 0 aromatic heterocycles. The molecule has 0 unspecified atom stereocenters. The van der Waals surface area contributed by atoms with E-state index in [0.717, 1.165) is 37.6 Å². The van der Waals surface area contributed by atoms with Crippen LogP contribution in [0.4, 0.5) is 17.1 Å². The van der Waals surface area contributed by atoms with Crippen LogP contribution < -0.4 is 19.9 Å². The van der Waals surface area contributed by atoms with Gasteiger partial charge in [-0.3, -0.25) is 14.9 Å². The van der Waals surface area contributed by atoms with E-state index in [-0.39, 0.29) is 16.6 Å². The van der Waals surface area contributed by atoms with Gasteiger partial charge in [0, 0.05) is 23.9 Å². The van der Waals surface area contributed by atoms with Crippen molar-refractivity contribution in [1.82, 2.24) is 0 Å². The van der Waals surface area contributed by atoms with Crippen LogP contribution in [0.25, 0.3) is 0 Å². The lowest BCUT2D eigenvalue weighted by Gasteiger charge is -2.33. The molecule has 0 aliphatic carbocycles. The summed E-state index contributed by atoms with van der Waals surface area (Å²) in [6.45, 7) is 3.67. The number of nitro benzene ring substituents is 1. The van der Waals surface area contributed by atoms with Crippen molar-refractivity contribution in [1.29, 1.82) is 0 Å². The number of methoxy groups -OCH3 is 1. The van der Waals surface area contributed by atoms with E-state index in [0.29, 0.717) is 12.2 Å². The molecule has 3 rings (SSSR count). The van der Waals surface area contributed by atoms with Crippen molar-refractivity contribution in [3.63, 3.8) is 0 Å². The predicted molar refractivity (Wildman–Crippen MR) is 108 cm³/mol. The number of non-ortho nitro benzene ring substituents is 1. The number of nitro groups is 1. The van der Waals surface area contributed by atoms with E-state index < -0.39 is 4.92 Å². The number of amides is 1. The summed E-state index contributed by atoms with van der Waals surface area (Å²) in [5.74, 6) is 0.659. The number of hydrogen-bond donors (Lipinski definition) is 2. The average molecular weight is 406 g/mol. The van der Waals surface area contributed by atoms with Crippen molar-refractivity contribution >= 4 is 34.6 Å². The number of quaternary nitrogens is 1. The number of carbonyl (C=O) groups is 1. The molecule has 1 aliphatic rings. The van der Waals surface area contributed by atoms with Gasteiger partial charge in [0.2, 0.25) is 0 Å². The van der Waals surface area contributed by atoms with Gasteiger partial charge in [0.15, 0.2) is 6.54 Å². The quantitative estimate of drug-likeness (QED) is 0.563. The highest BCUT2D eigenvalue weighted by Crippen LogP contribution is 2.26. The molecule has 1 aliphatic heterocycles. The number of hydrogen-bond acceptors (Lipinski definition) is 5. The number of rotatable bonds is 6. The Morgan fingerprint density at radius 2 is 2.04 bits per heavy atom. The Labute approximate surface area is 167 Å². The molecule has 9 heteroatoms. The number of benzene rings is 2. The van der Waals surface area contributed by atoms with Crippen LogP contribution >= 0.6 is 11.6 Å². The maximum Gasteiger partial charge on any atom is 0.279 e. The van der Waals surface area contributed by atoms with Gasteiger partial charge < -0.3 is 19.9 Å². The van der Waals surface area contributed by atoms with Crippen LogP contribution in [0.15, 0.2) is 42.5 Å². The lowest BCUT2D eigenvalue weighted by atomic mass is 10.2. The van der Waals surface area contributed by atoms with Gasteiger partial charge in [0.1, 0.15) is 5.75 Å². The first-order valence-electron chi connectivity index (χ1n) is 8.92. The molecule has 2 aromatic carbocycles. The zero-order valence-corrected chi connectivity index (χ0v) is 16.2. The van der Waals surface area contributed by atoms with E-state index in [9.17, 15) is 14.9 Å². The van der Waals surface area contributed by atoms with E-state index in [1.54, 1.807) is 7.11 Å². The summed E-state index contributed by atoms with van der Waals surface area (Å²) in [7, 11) is 1.65. The first-order valence-corrected chi connectivity index (χ1v) is 9.30. The third-order valence-corrected chi connectivity index (χ3v) is 5.05. The minimum absolute atomic E-state index is 0.109. The molecule has 0 radical (unpaired) electrons. The van der Waals surface area contributed by atoms with Gasteiger partial charge in [-0.25, -0.2) is 0 Å². The summed E-state index contributed by atoms with van der Waals surface area (Å²) in [5.41, 5.74) is 1.38. The molecule has 1 amide bonds. The Hall–Kier alpha value is -2.84. The largest absolute Gasteiger partial charge is 0.497 e. The van der Waals surface area contributed by atoms with Crippen LogP contribution in [-0.4, -0.2) is 50.7 Å². The van der Waals surface area contributed by atoms with Crippen molar-refractivity contribution in [2.75, 3.05) is 50.1 Å².